The highest BCUT2D eigenvalue weighted by molar-refractivity contribution is 5.77. The molecule has 156 valence electrons. The Balaban J connectivity index is 2.42. The van der Waals surface area contributed by atoms with Gasteiger partial charge in [-0.3, -0.25) is 0 Å². The van der Waals surface area contributed by atoms with Crippen molar-refractivity contribution in [1.82, 2.24) is 9.48 Å². The average molecular weight is 407 g/mol. The van der Waals surface area contributed by atoms with E-state index in [0.29, 0.717) is 12.2 Å². The van der Waals surface area contributed by atoms with E-state index < -0.39 is 11.3 Å². The highest BCUT2D eigenvalue weighted by Crippen LogP contribution is 2.32. The number of hydrogen-bond acceptors (Lipinski definition) is 5. The molecule has 0 aliphatic rings. The van der Waals surface area contributed by atoms with E-state index in [2.05, 4.69) is 0 Å². The first-order valence-corrected chi connectivity index (χ1v) is 9.86. The third-order valence-electron chi connectivity index (χ3n) is 4.54. The standard InChI is InChI=1S/C23H25N3O4/c1-4-5-16-26-23(25(3)29-20(27)14-15-21(28)30-26)24-22-17(2)10-9-13-19(22)18-11-7-6-8-12-18/h6-15H,4-5,16H2,1-3H3. The zero-order valence-corrected chi connectivity index (χ0v) is 17.4. The summed E-state index contributed by atoms with van der Waals surface area (Å²) in [6.45, 7) is 4.40. The van der Waals surface area contributed by atoms with Gasteiger partial charge in [-0.2, -0.15) is 9.48 Å². The highest BCUT2D eigenvalue weighted by atomic mass is 16.5. The van der Waals surface area contributed by atoms with E-state index in [-0.39, 0.29) is 5.62 Å². The fraction of sp³-hybridized carbons (Fsp3) is 0.261. The van der Waals surface area contributed by atoms with E-state index in [9.17, 15) is 9.59 Å². The number of nitrogens with zero attached hydrogens (tertiary/aromatic N) is 3. The van der Waals surface area contributed by atoms with Crippen LogP contribution >= 0.6 is 0 Å². The van der Waals surface area contributed by atoms with Crippen LogP contribution < -0.4 is 16.9 Å². The first-order valence-electron chi connectivity index (χ1n) is 9.86. The van der Waals surface area contributed by atoms with E-state index in [4.69, 9.17) is 14.0 Å². The Bertz CT molecular complexity index is 1250. The molecule has 0 spiro atoms. The van der Waals surface area contributed by atoms with Gasteiger partial charge in [0.15, 0.2) is 0 Å². The minimum atomic E-state index is -0.687. The van der Waals surface area contributed by atoms with Crippen molar-refractivity contribution in [2.24, 2.45) is 12.0 Å². The fourth-order valence-electron chi connectivity index (χ4n) is 3.01. The zero-order valence-electron chi connectivity index (χ0n) is 17.4. The molecule has 0 saturated carbocycles. The lowest BCUT2D eigenvalue weighted by Crippen LogP contribution is -2.30. The summed E-state index contributed by atoms with van der Waals surface area (Å²) in [5.41, 5.74) is 2.41. The molecule has 0 aliphatic heterocycles. The molecule has 3 aromatic rings. The maximum Gasteiger partial charge on any atom is 0.356 e. The number of aryl methyl sites for hydroxylation is 3. The molecule has 1 heterocycles. The second-order valence-electron chi connectivity index (χ2n) is 6.86. The predicted octanol–water partition coefficient (Wildman–Crippen LogP) is 3.87. The van der Waals surface area contributed by atoms with Gasteiger partial charge in [-0.1, -0.05) is 61.9 Å². The second kappa shape index (κ2) is 9.73. The molecule has 0 fully saturated rings. The van der Waals surface area contributed by atoms with Crippen LogP contribution in [-0.4, -0.2) is 9.48 Å². The van der Waals surface area contributed by atoms with E-state index in [1.165, 1.54) is 9.48 Å². The molecule has 0 saturated heterocycles. The quantitative estimate of drug-likeness (QED) is 0.643. The van der Waals surface area contributed by atoms with Crippen molar-refractivity contribution >= 4 is 5.69 Å². The molecule has 0 atom stereocenters. The van der Waals surface area contributed by atoms with Gasteiger partial charge in [-0.25, -0.2) is 14.6 Å². The van der Waals surface area contributed by atoms with Crippen molar-refractivity contribution < 1.29 is 9.05 Å². The molecule has 0 radical (unpaired) electrons. The van der Waals surface area contributed by atoms with Gasteiger partial charge >= 0.3 is 11.3 Å². The zero-order chi connectivity index (χ0) is 21.5. The van der Waals surface area contributed by atoms with Crippen LogP contribution in [0.25, 0.3) is 11.1 Å². The first-order chi connectivity index (χ1) is 14.5. The van der Waals surface area contributed by atoms with Crippen molar-refractivity contribution in [3.05, 3.63) is 92.7 Å². The van der Waals surface area contributed by atoms with Crippen LogP contribution in [0.2, 0.25) is 0 Å². The summed E-state index contributed by atoms with van der Waals surface area (Å²) in [7, 11) is 1.56. The highest BCUT2D eigenvalue weighted by Gasteiger charge is 2.09. The number of hydrogen-bond donors (Lipinski definition) is 0. The lowest BCUT2D eigenvalue weighted by molar-refractivity contribution is 0.174. The second-order valence-corrected chi connectivity index (χ2v) is 6.86. The molecular formula is C23H25N3O4. The first kappa shape index (κ1) is 21.1. The Morgan fingerprint density at radius 3 is 2.30 bits per heavy atom. The Morgan fingerprint density at radius 2 is 1.60 bits per heavy atom. The summed E-state index contributed by atoms with van der Waals surface area (Å²) >= 11 is 0. The van der Waals surface area contributed by atoms with Gasteiger partial charge in [0.2, 0.25) is 0 Å². The van der Waals surface area contributed by atoms with E-state index >= 15 is 0 Å². The van der Waals surface area contributed by atoms with Crippen molar-refractivity contribution in [3.8, 4) is 11.1 Å². The predicted molar refractivity (Wildman–Crippen MR) is 115 cm³/mol. The molecule has 2 aromatic carbocycles. The Labute approximate surface area is 173 Å². The Kier molecular flexibility index (Phi) is 6.85. The number of benzene rings is 2. The molecule has 0 bridgehead atoms. The monoisotopic (exact) mass is 407 g/mol. The molecule has 0 aliphatic carbocycles. The van der Waals surface area contributed by atoms with Gasteiger partial charge in [-0.05, 0) is 24.5 Å². The minimum absolute atomic E-state index is 0.209. The summed E-state index contributed by atoms with van der Waals surface area (Å²) in [6, 6.07) is 17.9. The lowest BCUT2D eigenvalue weighted by atomic mass is 10.0. The van der Waals surface area contributed by atoms with Crippen LogP contribution in [0.15, 0.2) is 84.3 Å². The Hall–Kier alpha value is -3.61. The molecule has 0 unspecified atom stereocenters. The Morgan fingerprint density at radius 1 is 0.900 bits per heavy atom. The minimum Gasteiger partial charge on any atom is -0.333 e. The van der Waals surface area contributed by atoms with Crippen LogP contribution in [0.4, 0.5) is 5.69 Å². The average Bonchev–Trinajstić information content (AvgIpc) is 2.79. The summed E-state index contributed by atoms with van der Waals surface area (Å²) in [5.74, 6) is 0. The van der Waals surface area contributed by atoms with Gasteiger partial charge in [0, 0.05) is 24.7 Å². The van der Waals surface area contributed by atoms with Crippen molar-refractivity contribution in [3.63, 3.8) is 0 Å². The van der Waals surface area contributed by atoms with Crippen LogP contribution in [0.5, 0.6) is 0 Å². The van der Waals surface area contributed by atoms with E-state index in [1.807, 2.05) is 62.4 Å². The van der Waals surface area contributed by atoms with Crippen LogP contribution in [0, 0.1) is 6.92 Å². The van der Waals surface area contributed by atoms with Gasteiger partial charge < -0.3 is 9.05 Å². The molecular weight excluding hydrogens is 382 g/mol. The van der Waals surface area contributed by atoms with Crippen molar-refractivity contribution in [2.45, 2.75) is 33.2 Å². The molecule has 3 rings (SSSR count). The largest absolute Gasteiger partial charge is 0.356 e. The molecule has 1 aromatic heterocycles. The topological polar surface area (TPSA) is 82.6 Å². The third kappa shape index (κ3) is 5.05. The molecule has 0 amide bonds. The fourth-order valence-corrected chi connectivity index (χ4v) is 3.01. The molecule has 7 nitrogen and oxygen atoms in total. The number of rotatable bonds is 5. The number of para-hydroxylation sites is 1. The lowest BCUT2D eigenvalue weighted by Gasteiger charge is -2.10. The smallest absolute Gasteiger partial charge is 0.333 e. The van der Waals surface area contributed by atoms with Gasteiger partial charge in [0.05, 0.1) is 12.2 Å². The summed E-state index contributed by atoms with van der Waals surface area (Å²) < 4.78 is 13.4. The van der Waals surface area contributed by atoms with E-state index in [0.717, 1.165) is 41.7 Å². The summed E-state index contributed by atoms with van der Waals surface area (Å²) in [5, 5.41) is 0. The third-order valence-corrected chi connectivity index (χ3v) is 4.54. The van der Waals surface area contributed by atoms with Crippen LogP contribution in [0.3, 0.4) is 0 Å². The molecule has 30 heavy (non-hydrogen) atoms. The summed E-state index contributed by atoms with van der Waals surface area (Å²) in [4.78, 5) is 28.9. The summed E-state index contributed by atoms with van der Waals surface area (Å²) in [6.07, 6.45) is 1.65. The SMILES string of the molecule is CCCCn1oc(=O)ccc(=O)on(C)c1=Nc1c(C)cccc1-c1ccccc1. The number of unbranched alkanes of at least 4 members (excludes halogenated alkanes) is 1. The molecule has 7 heteroatoms. The van der Waals surface area contributed by atoms with E-state index in [1.54, 1.807) is 7.05 Å². The maximum atomic E-state index is 12.1. The normalized spacial score (nSPS) is 11.4. The van der Waals surface area contributed by atoms with Crippen molar-refractivity contribution in [2.75, 3.05) is 0 Å². The van der Waals surface area contributed by atoms with Gasteiger partial charge in [-0.15, -0.1) is 0 Å². The molecule has 0 N–H and O–H groups in total. The van der Waals surface area contributed by atoms with Crippen LogP contribution in [-0.2, 0) is 13.6 Å². The maximum absolute atomic E-state index is 12.1. The van der Waals surface area contributed by atoms with Crippen molar-refractivity contribution in [1.29, 1.82) is 0 Å². The van der Waals surface area contributed by atoms with Gasteiger partial charge in [0.25, 0.3) is 5.62 Å². The van der Waals surface area contributed by atoms with Gasteiger partial charge in [0.1, 0.15) is 0 Å². The number of aromatic nitrogens is 2. The van der Waals surface area contributed by atoms with Crippen LogP contribution in [0.1, 0.15) is 25.3 Å².